The third-order valence-electron chi connectivity index (χ3n) is 1.89. The van der Waals surface area contributed by atoms with Crippen molar-refractivity contribution in [3.63, 3.8) is 0 Å². The van der Waals surface area contributed by atoms with Crippen LogP contribution in [0.5, 0.6) is 0 Å². The van der Waals surface area contributed by atoms with Gasteiger partial charge in [-0.25, -0.2) is 0 Å². The van der Waals surface area contributed by atoms with Gasteiger partial charge in [0.2, 0.25) is 5.91 Å². The molecule has 1 aromatic rings. The summed E-state index contributed by atoms with van der Waals surface area (Å²) in [5.74, 6) is -0.715. The predicted molar refractivity (Wildman–Crippen MR) is 63.4 cm³/mol. The van der Waals surface area contributed by atoms with Gasteiger partial charge in [-0.3, -0.25) is 9.59 Å². The van der Waals surface area contributed by atoms with Crippen LogP contribution in [0.25, 0.3) is 0 Å². The molecule has 17 heavy (non-hydrogen) atoms. The predicted octanol–water partition coefficient (Wildman–Crippen LogP) is 0.269. The van der Waals surface area contributed by atoms with Gasteiger partial charge in [-0.1, -0.05) is 0 Å². The number of amides is 2. The van der Waals surface area contributed by atoms with Crippen LogP contribution < -0.4 is 10.6 Å². The minimum absolute atomic E-state index is 0.125. The molecule has 0 saturated carbocycles. The summed E-state index contributed by atoms with van der Waals surface area (Å²) >= 11 is 3.07. The average Bonchev–Trinajstić information content (AvgIpc) is 2.72. The lowest BCUT2D eigenvalue weighted by Crippen LogP contribution is -2.42. The summed E-state index contributed by atoms with van der Waals surface area (Å²) in [4.78, 5) is 22.7. The quantitative estimate of drug-likeness (QED) is 0.728. The van der Waals surface area contributed by atoms with E-state index < -0.39 is 5.91 Å². The molecule has 1 aromatic heterocycles. The van der Waals surface area contributed by atoms with E-state index in [0.717, 1.165) is 0 Å². The van der Waals surface area contributed by atoms with Gasteiger partial charge in [-0.05, 0) is 35.0 Å². The Kier molecular flexibility index (Phi) is 5.17. The second-order valence-corrected chi connectivity index (χ2v) is 4.22. The highest BCUT2D eigenvalue weighted by atomic mass is 79.9. The Labute approximate surface area is 106 Å². The van der Waals surface area contributed by atoms with E-state index in [4.69, 9.17) is 9.52 Å². The number of carbonyl (C=O) groups is 2. The van der Waals surface area contributed by atoms with Gasteiger partial charge in [0.25, 0.3) is 5.91 Å². The second kappa shape index (κ2) is 6.41. The van der Waals surface area contributed by atoms with Crippen LogP contribution in [0.3, 0.4) is 0 Å². The van der Waals surface area contributed by atoms with Gasteiger partial charge in [-0.2, -0.15) is 0 Å². The van der Waals surface area contributed by atoms with Gasteiger partial charge >= 0.3 is 0 Å². The molecule has 0 saturated heterocycles. The molecule has 0 spiro atoms. The molecular formula is C10H13BrN2O4. The Morgan fingerprint density at radius 1 is 1.53 bits per heavy atom. The number of halogens is 1. The molecule has 94 valence electrons. The highest BCUT2D eigenvalue weighted by Crippen LogP contribution is 2.13. The summed E-state index contributed by atoms with van der Waals surface area (Å²) in [6.45, 7) is 1.34. The van der Waals surface area contributed by atoms with Crippen molar-refractivity contribution in [2.45, 2.75) is 13.0 Å². The molecule has 0 aliphatic heterocycles. The van der Waals surface area contributed by atoms with Gasteiger partial charge in [-0.15, -0.1) is 0 Å². The van der Waals surface area contributed by atoms with E-state index in [1.165, 1.54) is 6.07 Å². The van der Waals surface area contributed by atoms with Crippen LogP contribution in [0.2, 0.25) is 0 Å². The third-order valence-corrected chi connectivity index (χ3v) is 2.31. The molecule has 6 nitrogen and oxygen atoms in total. The van der Waals surface area contributed by atoms with Gasteiger partial charge in [0.05, 0.1) is 13.2 Å². The van der Waals surface area contributed by atoms with Crippen LogP contribution in [-0.4, -0.2) is 36.1 Å². The average molecular weight is 305 g/mol. The molecule has 0 fully saturated rings. The van der Waals surface area contributed by atoms with Crippen molar-refractivity contribution >= 4 is 27.7 Å². The molecule has 0 radical (unpaired) electrons. The van der Waals surface area contributed by atoms with Gasteiger partial charge < -0.3 is 20.2 Å². The summed E-state index contributed by atoms with van der Waals surface area (Å²) in [6, 6.07) is 2.74. The standard InChI is InChI=1S/C10H13BrN2O4/c1-6(5-14)13-9(15)4-12-10(16)7-2-3-8(11)17-7/h2-3,6,14H,4-5H2,1H3,(H,12,16)(H,13,15)/t6-/m1/s1. The highest BCUT2D eigenvalue weighted by molar-refractivity contribution is 9.10. The van der Waals surface area contributed by atoms with Crippen LogP contribution in [0.1, 0.15) is 17.5 Å². The van der Waals surface area contributed by atoms with E-state index >= 15 is 0 Å². The molecule has 0 unspecified atom stereocenters. The zero-order valence-electron chi connectivity index (χ0n) is 9.20. The molecule has 1 atom stereocenters. The first-order chi connectivity index (χ1) is 8.02. The fraction of sp³-hybridized carbons (Fsp3) is 0.400. The van der Waals surface area contributed by atoms with E-state index in [0.29, 0.717) is 4.67 Å². The van der Waals surface area contributed by atoms with E-state index in [1.54, 1.807) is 13.0 Å². The van der Waals surface area contributed by atoms with Crippen molar-refractivity contribution in [1.29, 1.82) is 0 Å². The number of nitrogens with one attached hydrogen (secondary N) is 2. The van der Waals surface area contributed by atoms with Crippen molar-refractivity contribution in [2.75, 3.05) is 13.2 Å². The van der Waals surface area contributed by atoms with E-state index in [1.807, 2.05) is 0 Å². The lowest BCUT2D eigenvalue weighted by atomic mass is 10.3. The van der Waals surface area contributed by atoms with Gasteiger partial charge in [0, 0.05) is 6.04 Å². The van der Waals surface area contributed by atoms with Crippen LogP contribution in [0, 0.1) is 0 Å². The number of aliphatic hydroxyl groups is 1. The smallest absolute Gasteiger partial charge is 0.287 e. The maximum Gasteiger partial charge on any atom is 0.287 e. The topological polar surface area (TPSA) is 91.6 Å². The molecule has 0 aromatic carbocycles. The van der Waals surface area contributed by atoms with Crippen molar-refractivity contribution in [3.8, 4) is 0 Å². The number of aliphatic hydroxyl groups excluding tert-OH is 1. The molecule has 3 N–H and O–H groups in total. The molecule has 0 aliphatic rings. The first kappa shape index (κ1) is 13.7. The van der Waals surface area contributed by atoms with Crippen molar-refractivity contribution in [2.24, 2.45) is 0 Å². The summed E-state index contributed by atoms with van der Waals surface area (Å²) in [7, 11) is 0. The number of hydrogen-bond donors (Lipinski definition) is 3. The minimum atomic E-state index is -0.470. The van der Waals surface area contributed by atoms with Gasteiger partial charge in [0.1, 0.15) is 0 Å². The van der Waals surface area contributed by atoms with E-state index in [2.05, 4.69) is 26.6 Å². The monoisotopic (exact) mass is 304 g/mol. The molecule has 0 aliphatic carbocycles. The zero-order chi connectivity index (χ0) is 12.8. The second-order valence-electron chi connectivity index (χ2n) is 3.44. The highest BCUT2D eigenvalue weighted by Gasteiger charge is 2.12. The molecule has 1 heterocycles. The lowest BCUT2D eigenvalue weighted by molar-refractivity contribution is -0.121. The Bertz CT molecular complexity index is 405. The summed E-state index contributed by atoms with van der Waals surface area (Å²) in [6.07, 6.45) is 0. The Morgan fingerprint density at radius 3 is 2.76 bits per heavy atom. The normalized spacial score (nSPS) is 11.9. The van der Waals surface area contributed by atoms with Crippen LogP contribution >= 0.6 is 15.9 Å². The van der Waals surface area contributed by atoms with E-state index in [-0.39, 0.29) is 30.9 Å². The maximum absolute atomic E-state index is 11.5. The summed E-state index contributed by atoms with van der Waals surface area (Å²) < 4.78 is 5.46. The van der Waals surface area contributed by atoms with Crippen molar-refractivity contribution in [3.05, 3.63) is 22.6 Å². The molecular weight excluding hydrogens is 292 g/mol. The Balaban J connectivity index is 2.36. The van der Waals surface area contributed by atoms with E-state index in [9.17, 15) is 9.59 Å². The van der Waals surface area contributed by atoms with Crippen molar-refractivity contribution < 1.29 is 19.1 Å². The molecule has 2 amide bonds. The lowest BCUT2D eigenvalue weighted by Gasteiger charge is -2.10. The summed E-state index contributed by atoms with van der Waals surface area (Å²) in [5.41, 5.74) is 0. The maximum atomic E-state index is 11.5. The van der Waals surface area contributed by atoms with Crippen LogP contribution in [0.4, 0.5) is 0 Å². The SMILES string of the molecule is C[C@H](CO)NC(=O)CNC(=O)c1ccc(Br)o1. The number of rotatable bonds is 5. The molecule has 0 bridgehead atoms. The fourth-order valence-electron chi connectivity index (χ4n) is 1.06. The Hall–Kier alpha value is -1.34. The number of carbonyl (C=O) groups excluding carboxylic acids is 2. The third kappa shape index (κ3) is 4.58. The molecule has 1 rings (SSSR count). The van der Waals surface area contributed by atoms with Crippen molar-refractivity contribution in [1.82, 2.24) is 10.6 Å². The molecule has 7 heteroatoms. The largest absolute Gasteiger partial charge is 0.444 e. The minimum Gasteiger partial charge on any atom is -0.444 e. The van der Waals surface area contributed by atoms with Crippen LogP contribution in [-0.2, 0) is 4.79 Å². The number of furan rings is 1. The number of hydrogen-bond acceptors (Lipinski definition) is 4. The van der Waals surface area contributed by atoms with Crippen LogP contribution in [0.15, 0.2) is 21.2 Å². The zero-order valence-corrected chi connectivity index (χ0v) is 10.8. The Morgan fingerprint density at radius 2 is 2.24 bits per heavy atom. The fourth-order valence-corrected chi connectivity index (χ4v) is 1.36. The summed E-state index contributed by atoms with van der Waals surface area (Å²) in [5, 5.41) is 13.6. The van der Waals surface area contributed by atoms with Gasteiger partial charge in [0.15, 0.2) is 10.4 Å². The first-order valence-corrected chi connectivity index (χ1v) is 5.76. The first-order valence-electron chi connectivity index (χ1n) is 4.96.